The molecule has 0 saturated carbocycles. The molecule has 5 nitrogen and oxygen atoms in total. The van der Waals surface area contributed by atoms with Gasteiger partial charge in [-0.3, -0.25) is 4.79 Å². The fourth-order valence-corrected chi connectivity index (χ4v) is 6.58. The summed E-state index contributed by atoms with van der Waals surface area (Å²) in [6.07, 6.45) is 43.4. The Bertz CT molecular complexity index is 655. The second-order valence-corrected chi connectivity index (χ2v) is 14.6. The second kappa shape index (κ2) is 37.9. The van der Waals surface area contributed by atoms with Gasteiger partial charge < -0.3 is 20.6 Å². The van der Waals surface area contributed by atoms with Crippen molar-refractivity contribution in [2.24, 2.45) is 0 Å². The van der Waals surface area contributed by atoms with E-state index >= 15 is 0 Å². The van der Waals surface area contributed by atoms with Gasteiger partial charge in [0, 0.05) is 0 Å². The van der Waals surface area contributed by atoms with Crippen LogP contribution in [-0.4, -0.2) is 46.1 Å². The molecular formula is C42H83NO4. The van der Waals surface area contributed by atoms with Gasteiger partial charge in [0.15, 0.2) is 0 Å². The van der Waals surface area contributed by atoms with Crippen LogP contribution in [0.4, 0.5) is 0 Å². The van der Waals surface area contributed by atoms with Crippen LogP contribution in [0.25, 0.3) is 0 Å². The van der Waals surface area contributed by atoms with E-state index in [1.165, 1.54) is 173 Å². The molecule has 0 spiro atoms. The Hall–Kier alpha value is -0.910. The summed E-state index contributed by atoms with van der Waals surface area (Å²) in [5.41, 5.74) is 0. The highest BCUT2D eigenvalue weighted by atomic mass is 16.3. The molecule has 5 heteroatoms. The van der Waals surface area contributed by atoms with E-state index in [0.717, 1.165) is 25.7 Å². The van der Waals surface area contributed by atoms with E-state index in [9.17, 15) is 20.1 Å². The quantitative estimate of drug-likeness (QED) is 0.0390. The molecule has 1 amide bonds. The van der Waals surface area contributed by atoms with Crippen LogP contribution in [0.5, 0.6) is 0 Å². The molecule has 0 aliphatic carbocycles. The lowest BCUT2D eigenvalue weighted by Gasteiger charge is -2.21. The van der Waals surface area contributed by atoms with Crippen molar-refractivity contribution in [2.45, 2.75) is 244 Å². The summed E-state index contributed by atoms with van der Waals surface area (Å²) in [5, 5.41) is 33.2. The average molecular weight is 666 g/mol. The molecule has 0 aliphatic heterocycles. The fourth-order valence-electron chi connectivity index (χ4n) is 6.58. The van der Waals surface area contributed by atoms with Crippen LogP contribution >= 0.6 is 0 Å². The first-order valence-corrected chi connectivity index (χ1v) is 21.0. The summed E-state index contributed by atoms with van der Waals surface area (Å²) in [6.45, 7) is 4.22. The number of hydrogen-bond donors (Lipinski definition) is 4. The minimum atomic E-state index is -0.923. The van der Waals surface area contributed by atoms with Crippen molar-refractivity contribution in [2.75, 3.05) is 6.61 Å². The summed E-state index contributed by atoms with van der Waals surface area (Å²) in [4.78, 5) is 12.4. The number of hydrogen-bond acceptors (Lipinski definition) is 4. The van der Waals surface area contributed by atoms with Gasteiger partial charge in [-0.1, -0.05) is 212 Å². The Morgan fingerprint density at radius 1 is 0.532 bits per heavy atom. The van der Waals surface area contributed by atoms with Crippen molar-refractivity contribution in [1.29, 1.82) is 0 Å². The van der Waals surface area contributed by atoms with E-state index in [2.05, 4.69) is 19.2 Å². The number of aliphatic hydroxyl groups excluding tert-OH is 3. The van der Waals surface area contributed by atoms with Gasteiger partial charge in [-0.05, 0) is 19.3 Å². The minimum Gasteiger partial charge on any atom is -0.394 e. The Kier molecular flexibility index (Phi) is 37.2. The molecule has 47 heavy (non-hydrogen) atoms. The molecule has 0 bridgehead atoms. The van der Waals surface area contributed by atoms with Gasteiger partial charge in [0.05, 0.1) is 31.3 Å². The normalized spacial score (nSPS) is 13.7. The predicted molar refractivity (Wildman–Crippen MR) is 204 cm³/mol. The van der Waals surface area contributed by atoms with Crippen LogP contribution in [0, 0.1) is 0 Å². The first-order chi connectivity index (χ1) is 23.0. The summed E-state index contributed by atoms with van der Waals surface area (Å²) in [5.74, 6) is -0.313. The summed E-state index contributed by atoms with van der Waals surface area (Å²) < 4.78 is 0. The zero-order chi connectivity index (χ0) is 34.5. The van der Waals surface area contributed by atoms with Crippen LogP contribution in [0.3, 0.4) is 0 Å². The molecule has 0 aliphatic rings. The number of rotatable bonds is 38. The first-order valence-electron chi connectivity index (χ1n) is 21.0. The molecule has 0 aromatic rings. The summed E-state index contributed by atoms with van der Waals surface area (Å²) >= 11 is 0. The maximum Gasteiger partial charge on any atom is 0.222 e. The van der Waals surface area contributed by atoms with E-state index < -0.39 is 18.2 Å². The monoisotopic (exact) mass is 666 g/mol. The number of aliphatic hydroxyl groups is 3. The highest BCUT2D eigenvalue weighted by molar-refractivity contribution is 5.76. The Morgan fingerprint density at radius 2 is 0.872 bits per heavy atom. The highest BCUT2D eigenvalue weighted by Crippen LogP contribution is 2.16. The highest BCUT2D eigenvalue weighted by Gasteiger charge is 2.20. The smallest absolute Gasteiger partial charge is 0.222 e. The van der Waals surface area contributed by atoms with E-state index in [4.69, 9.17) is 0 Å². The third-order valence-electron chi connectivity index (χ3n) is 9.82. The molecule has 0 aromatic carbocycles. The van der Waals surface area contributed by atoms with Gasteiger partial charge in [-0.2, -0.15) is 0 Å². The van der Waals surface area contributed by atoms with Crippen molar-refractivity contribution in [3.63, 3.8) is 0 Å². The van der Waals surface area contributed by atoms with Gasteiger partial charge in [0.25, 0.3) is 0 Å². The molecule has 3 unspecified atom stereocenters. The third kappa shape index (κ3) is 34.7. The molecule has 0 saturated heterocycles. The number of allylic oxidation sites excluding steroid dienone is 1. The second-order valence-electron chi connectivity index (χ2n) is 14.6. The van der Waals surface area contributed by atoms with E-state index in [-0.39, 0.29) is 18.9 Å². The molecule has 0 aromatic heterocycles. The minimum absolute atomic E-state index is 0.0186. The molecule has 4 N–H and O–H groups in total. The van der Waals surface area contributed by atoms with Gasteiger partial charge in [-0.25, -0.2) is 0 Å². The van der Waals surface area contributed by atoms with Gasteiger partial charge in [0.2, 0.25) is 5.91 Å². The molecule has 0 radical (unpaired) electrons. The lowest BCUT2D eigenvalue weighted by molar-refractivity contribution is -0.124. The number of unbranched alkanes of at least 4 members (excludes halogenated alkanes) is 29. The zero-order valence-electron chi connectivity index (χ0n) is 31.7. The van der Waals surface area contributed by atoms with E-state index in [1.54, 1.807) is 6.08 Å². The van der Waals surface area contributed by atoms with Crippen LogP contribution < -0.4 is 5.32 Å². The first kappa shape index (κ1) is 46.1. The molecule has 3 atom stereocenters. The van der Waals surface area contributed by atoms with Crippen molar-refractivity contribution in [3.05, 3.63) is 12.2 Å². The standard InChI is InChI=1S/C42H83NO4/c1-3-5-7-9-11-13-15-17-19-20-22-23-25-27-29-31-33-35-39(45)37-42(47)43-40(38-44)41(46)36-34-32-30-28-26-24-21-18-16-14-12-10-8-6-4-2/h34,36,39-41,44-46H,3-33,35,37-38H2,1-2H3,(H,43,47)/b36-34+. The molecular weight excluding hydrogens is 582 g/mol. The van der Waals surface area contributed by atoms with Crippen molar-refractivity contribution < 1.29 is 20.1 Å². The lowest BCUT2D eigenvalue weighted by Crippen LogP contribution is -2.45. The Morgan fingerprint density at radius 3 is 1.23 bits per heavy atom. The third-order valence-corrected chi connectivity index (χ3v) is 9.82. The SMILES string of the molecule is CCCCCCCCCCCCCCC/C=C/C(O)C(CO)NC(=O)CC(O)CCCCCCCCCCCCCCCCCCC. The van der Waals surface area contributed by atoms with Crippen LogP contribution in [0.1, 0.15) is 226 Å². The maximum absolute atomic E-state index is 12.4. The van der Waals surface area contributed by atoms with Crippen LogP contribution in [-0.2, 0) is 4.79 Å². The molecule has 0 heterocycles. The Balaban J connectivity index is 3.66. The van der Waals surface area contributed by atoms with Crippen LogP contribution in [0.15, 0.2) is 12.2 Å². The maximum atomic E-state index is 12.4. The molecule has 280 valence electrons. The Labute approximate surface area is 293 Å². The van der Waals surface area contributed by atoms with E-state index in [1.807, 2.05) is 6.08 Å². The van der Waals surface area contributed by atoms with Crippen molar-refractivity contribution >= 4 is 5.91 Å². The van der Waals surface area contributed by atoms with E-state index in [0.29, 0.717) is 6.42 Å². The molecule has 0 fully saturated rings. The largest absolute Gasteiger partial charge is 0.394 e. The lowest BCUT2D eigenvalue weighted by atomic mass is 10.0. The number of carbonyl (C=O) groups excluding carboxylic acids is 1. The number of amides is 1. The van der Waals surface area contributed by atoms with Gasteiger partial charge in [0.1, 0.15) is 0 Å². The van der Waals surface area contributed by atoms with Crippen molar-refractivity contribution in [3.8, 4) is 0 Å². The summed E-state index contributed by atoms with van der Waals surface area (Å²) in [7, 11) is 0. The van der Waals surface area contributed by atoms with Gasteiger partial charge in [-0.15, -0.1) is 0 Å². The topological polar surface area (TPSA) is 89.8 Å². The molecule has 0 rings (SSSR count). The fraction of sp³-hybridized carbons (Fsp3) is 0.929. The van der Waals surface area contributed by atoms with Crippen molar-refractivity contribution in [1.82, 2.24) is 5.32 Å². The van der Waals surface area contributed by atoms with Crippen LogP contribution in [0.2, 0.25) is 0 Å². The summed E-state index contributed by atoms with van der Waals surface area (Å²) in [6, 6.07) is -0.738. The van der Waals surface area contributed by atoms with Gasteiger partial charge >= 0.3 is 0 Å². The number of carbonyl (C=O) groups is 1. The average Bonchev–Trinajstić information content (AvgIpc) is 3.06. The zero-order valence-corrected chi connectivity index (χ0v) is 31.7. The number of nitrogens with one attached hydrogen (secondary N) is 1. The predicted octanol–water partition coefficient (Wildman–Crippen LogP) is 11.7.